The Morgan fingerprint density at radius 1 is 1.00 bits per heavy atom. The van der Waals surface area contributed by atoms with Crippen molar-refractivity contribution in [3.8, 4) is 0 Å². The van der Waals surface area contributed by atoms with E-state index < -0.39 is 9.84 Å². The second-order valence-corrected chi connectivity index (χ2v) is 11.8. The summed E-state index contributed by atoms with van der Waals surface area (Å²) in [5.41, 5.74) is 3.73. The van der Waals surface area contributed by atoms with Crippen LogP contribution in [0.3, 0.4) is 0 Å². The quantitative estimate of drug-likeness (QED) is 0.601. The SMILES string of the molecule is CS(=O)(=O)c1cccc(/C=C/C(=O)NC2CCC(CCN3CCc4ccccc4CC3)CC2)c1. The van der Waals surface area contributed by atoms with Crippen molar-refractivity contribution in [2.24, 2.45) is 5.92 Å². The van der Waals surface area contributed by atoms with Crippen LogP contribution >= 0.6 is 0 Å². The fraction of sp³-hybridized carbons (Fsp3) is 0.464. The fourth-order valence-corrected chi connectivity index (χ4v) is 5.84. The van der Waals surface area contributed by atoms with Crippen LogP contribution < -0.4 is 5.32 Å². The van der Waals surface area contributed by atoms with E-state index in [1.807, 2.05) is 0 Å². The van der Waals surface area contributed by atoms with Crippen LogP contribution in [-0.4, -0.2) is 51.2 Å². The Balaban J connectivity index is 1.17. The van der Waals surface area contributed by atoms with Gasteiger partial charge in [-0.05, 0) is 92.3 Å². The summed E-state index contributed by atoms with van der Waals surface area (Å²) in [5.74, 6) is 0.630. The number of hydrogen-bond acceptors (Lipinski definition) is 4. The molecule has 0 aromatic heterocycles. The monoisotopic (exact) mass is 480 g/mol. The normalized spacial score (nSPS) is 21.7. The minimum atomic E-state index is -3.26. The lowest BCUT2D eigenvalue weighted by Crippen LogP contribution is -2.37. The van der Waals surface area contributed by atoms with Gasteiger partial charge < -0.3 is 10.2 Å². The highest BCUT2D eigenvalue weighted by atomic mass is 32.2. The highest BCUT2D eigenvalue weighted by Gasteiger charge is 2.23. The van der Waals surface area contributed by atoms with Crippen LogP contribution in [-0.2, 0) is 27.5 Å². The number of fused-ring (bicyclic) bond motifs is 1. The first-order valence-corrected chi connectivity index (χ1v) is 14.3. The number of rotatable bonds is 7. The lowest BCUT2D eigenvalue weighted by atomic mass is 9.84. The smallest absolute Gasteiger partial charge is 0.244 e. The molecule has 0 saturated heterocycles. The van der Waals surface area contributed by atoms with Crippen molar-refractivity contribution < 1.29 is 13.2 Å². The molecule has 0 atom stereocenters. The Labute approximate surface area is 204 Å². The molecule has 2 aliphatic rings. The number of benzene rings is 2. The van der Waals surface area contributed by atoms with Crippen molar-refractivity contribution >= 4 is 21.8 Å². The lowest BCUT2D eigenvalue weighted by Gasteiger charge is -2.30. The molecule has 0 unspecified atom stereocenters. The minimum absolute atomic E-state index is 0.114. The highest BCUT2D eigenvalue weighted by molar-refractivity contribution is 7.90. The number of carbonyl (C=O) groups excluding carboxylic acids is 1. The van der Waals surface area contributed by atoms with Gasteiger partial charge in [0.2, 0.25) is 5.91 Å². The average Bonchev–Trinajstić information content (AvgIpc) is 3.04. The number of carbonyl (C=O) groups is 1. The van der Waals surface area contributed by atoms with E-state index in [0.29, 0.717) is 5.56 Å². The predicted octanol–water partition coefficient (Wildman–Crippen LogP) is 4.27. The van der Waals surface area contributed by atoms with Gasteiger partial charge in [-0.2, -0.15) is 0 Å². The van der Waals surface area contributed by atoms with Crippen molar-refractivity contribution in [3.63, 3.8) is 0 Å². The van der Waals surface area contributed by atoms with Crippen LogP contribution in [0.2, 0.25) is 0 Å². The van der Waals surface area contributed by atoms with Crippen LogP contribution in [0.15, 0.2) is 59.5 Å². The molecule has 4 rings (SSSR count). The summed E-state index contributed by atoms with van der Waals surface area (Å²) in [4.78, 5) is 15.3. The highest BCUT2D eigenvalue weighted by Crippen LogP contribution is 2.27. The minimum Gasteiger partial charge on any atom is -0.350 e. The van der Waals surface area contributed by atoms with Gasteiger partial charge in [0.05, 0.1) is 4.90 Å². The van der Waals surface area contributed by atoms with Crippen molar-refractivity contribution in [1.82, 2.24) is 10.2 Å². The standard InChI is InChI=1S/C28H36N2O3S/c1-34(32,33)27-8-4-5-23(21-27)11-14-28(31)29-26-12-9-22(10-13-26)15-18-30-19-16-24-6-2-3-7-25(24)17-20-30/h2-8,11,14,21-22,26H,9-10,12-13,15-20H2,1H3,(H,29,31)/b14-11+. The van der Waals surface area contributed by atoms with Gasteiger partial charge in [-0.25, -0.2) is 8.42 Å². The van der Waals surface area contributed by atoms with Crippen molar-refractivity contribution in [3.05, 3.63) is 71.3 Å². The molecule has 1 fully saturated rings. The third kappa shape index (κ3) is 7.03. The summed E-state index contributed by atoms with van der Waals surface area (Å²) in [5, 5.41) is 3.12. The van der Waals surface area contributed by atoms with Crippen molar-refractivity contribution in [1.29, 1.82) is 0 Å². The summed E-state index contributed by atoms with van der Waals surface area (Å²) >= 11 is 0. The van der Waals surface area contributed by atoms with Gasteiger partial charge in [0.25, 0.3) is 0 Å². The molecule has 34 heavy (non-hydrogen) atoms. The van der Waals surface area contributed by atoms with E-state index in [1.54, 1.807) is 30.3 Å². The van der Waals surface area contributed by atoms with Crippen LogP contribution in [0.25, 0.3) is 6.08 Å². The van der Waals surface area contributed by atoms with Gasteiger partial charge >= 0.3 is 0 Å². The van der Waals surface area contributed by atoms with Gasteiger partial charge in [-0.15, -0.1) is 0 Å². The number of sulfone groups is 1. The van der Waals surface area contributed by atoms with E-state index in [2.05, 4.69) is 34.5 Å². The van der Waals surface area contributed by atoms with Gasteiger partial charge in [0, 0.05) is 31.5 Å². The Bertz CT molecular complexity index is 1090. The maximum atomic E-state index is 12.4. The largest absolute Gasteiger partial charge is 0.350 e. The third-order valence-corrected chi connectivity index (χ3v) is 8.38. The molecule has 1 saturated carbocycles. The second kappa shape index (κ2) is 11.3. The summed E-state index contributed by atoms with van der Waals surface area (Å²) in [7, 11) is -3.26. The van der Waals surface area contributed by atoms with E-state index in [0.717, 1.165) is 44.7 Å². The van der Waals surface area contributed by atoms with Gasteiger partial charge in [-0.1, -0.05) is 36.4 Å². The molecular formula is C28H36N2O3S. The molecule has 1 amide bonds. The molecule has 2 aromatic carbocycles. The number of amides is 1. The maximum absolute atomic E-state index is 12.4. The summed E-state index contributed by atoms with van der Waals surface area (Å²) in [6.07, 6.45) is 12.3. The van der Waals surface area contributed by atoms with Crippen molar-refractivity contribution in [2.75, 3.05) is 25.9 Å². The molecule has 0 radical (unpaired) electrons. The van der Waals surface area contributed by atoms with Crippen molar-refractivity contribution in [2.45, 2.75) is 55.9 Å². The summed E-state index contributed by atoms with van der Waals surface area (Å²) in [6, 6.07) is 15.7. The molecule has 2 aromatic rings. The van der Waals surface area contributed by atoms with E-state index >= 15 is 0 Å². The molecule has 1 N–H and O–H groups in total. The lowest BCUT2D eigenvalue weighted by molar-refractivity contribution is -0.117. The second-order valence-electron chi connectivity index (χ2n) is 9.80. The zero-order valence-electron chi connectivity index (χ0n) is 20.1. The maximum Gasteiger partial charge on any atom is 0.244 e. The average molecular weight is 481 g/mol. The first-order chi connectivity index (χ1) is 16.4. The summed E-state index contributed by atoms with van der Waals surface area (Å²) in [6.45, 7) is 3.48. The number of nitrogens with zero attached hydrogens (tertiary/aromatic N) is 1. The molecule has 1 aliphatic carbocycles. The topological polar surface area (TPSA) is 66.5 Å². The van der Waals surface area contributed by atoms with E-state index in [1.165, 1.54) is 49.3 Å². The molecule has 5 nitrogen and oxygen atoms in total. The zero-order chi connectivity index (χ0) is 24.0. The van der Waals surface area contributed by atoms with Gasteiger partial charge in [-0.3, -0.25) is 4.79 Å². The van der Waals surface area contributed by atoms with Crippen LogP contribution in [0.1, 0.15) is 48.8 Å². The molecule has 6 heteroatoms. The predicted molar refractivity (Wildman–Crippen MR) is 137 cm³/mol. The van der Waals surface area contributed by atoms with Crippen LogP contribution in [0.4, 0.5) is 0 Å². The number of nitrogens with one attached hydrogen (secondary N) is 1. The molecule has 0 bridgehead atoms. The Morgan fingerprint density at radius 2 is 1.68 bits per heavy atom. The molecule has 1 heterocycles. The molecule has 182 valence electrons. The first kappa shape index (κ1) is 24.7. The Morgan fingerprint density at radius 3 is 2.32 bits per heavy atom. The first-order valence-electron chi connectivity index (χ1n) is 12.4. The molecular weight excluding hydrogens is 444 g/mol. The van der Waals surface area contributed by atoms with Gasteiger partial charge in [0.1, 0.15) is 0 Å². The zero-order valence-corrected chi connectivity index (χ0v) is 20.9. The summed E-state index contributed by atoms with van der Waals surface area (Å²) < 4.78 is 23.4. The third-order valence-electron chi connectivity index (χ3n) is 7.27. The van der Waals surface area contributed by atoms with Crippen LogP contribution in [0, 0.1) is 5.92 Å². The van der Waals surface area contributed by atoms with E-state index in [-0.39, 0.29) is 16.8 Å². The Hall–Kier alpha value is -2.44. The Kier molecular flexibility index (Phi) is 8.22. The fourth-order valence-electron chi connectivity index (χ4n) is 5.17. The van der Waals surface area contributed by atoms with Crippen LogP contribution in [0.5, 0.6) is 0 Å². The van der Waals surface area contributed by atoms with Gasteiger partial charge in [0.15, 0.2) is 9.84 Å². The molecule has 1 aliphatic heterocycles. The van der Waals surface area contributed by atoms with E-state index in [4.69, 9.17) is 0 Å². The van der Waals surface area contributed by atoms with E-state index in [9.17, 15) is 13.2 Å². The number of hydrogen-bond donors (Lipinski definition) is 1. The molecule has 0 spiro atoms.